The number of aliphatic hydroxyl groups is 1. The van der Waals surface area contributed by atoms with Crippen molar-refractivity contribution in [2.45, 2.75) is 70.4 Å². The van der Waals surface area contributed by atoms with Crippen LogP contribution >= 0.6 is 0 Å². The van der Waals surface area contributed by atoms with Crippen molar-refractivity contribution in [3.8, 4) is 0 Å². The first-order valence-electron chi connectivity index (χ1n) is 8.76. The summed E-state index contributed by atoms with van der Waals surface area (Å²) in [5, 5.41) is 13.0. The molecule has 0 aromatic carbocycles. The maximum absolute atomic E-state index is 12.4. The molecule has 2 aliphatic rings. The van der Waals surface area contributed by atoms with Gasteiger partial charge in [0, 0.05) is 19.5 Å². The third-order valence-corrected chi connectivity index (χ3v) is 5.12. The summed E-state index contributed by atoms with van der Waals surface area (Å²) in [6.45, 7) is 1.54. The van der Waals surface area contributed by atoms with Crippen molar-refractivity contribution in [2.75, 3.05) is 6.54 Å². The van der Waals surface area contributed by atoms with Gasteiger partial charge in [-0.3, -0.25) is 4.79 Å². The van der Waals surface area contributed by atoms with Crippen molar-refractivity contribution >= 4 is 5.91 Å². The molecule has 2 heterocycles. The Morgan fingerprint density at radius 3 is 3.00 bits per heavy atom. The van der Waals surface area contributed by atoms with E-state index in [2.05, 4.69) is 14.9 Å². The first kappa shape index (κ1) is 15.5. The summed E-state index contributed by atoms with van der Waals surface area (Å²) < 4.78 is 2.08. The van der Waals surface area contributed by atoms with Gasteiger partial charge in [0.05, 0.1) is 12.3 Å². The lowest BCUT2D eigenvalue weighted by molar-refractivity contribution is 0.0643. The molecule has 2 N–H and O–H groups in total. The molecule has 1 aromatic rings. The van der Waals surface area contributed by atoms with Crippen molar-refractivity contribution in [3.63, 3.8) is 0 Å². The SMILES string of the molecule is O=C(NCC[C@H]1CCCC[C@H]1O)c1cnc2n1CCCCC2. The fourth-order valence-electron chi connectivity index (χ4n) is 3.76. The number of fused-ring (bicyclic) bond motifs is 1. The Labute approximate surface area is 132 Å². The van der Waals surface area contributed by atoms with E-state index in [0.717, 1.165) is 57.3 Å². The highest BCUT2D eigenvalue weighted by Crippen LogP contribution is 2.26. The lowest BCUT2D eigenvalue weighted by Crippen LogP contribution is -2.32. The molecule has 0 radical (unpaired) electrons. The number of aryl methyl sites for hydroxylation is 1. The van der Waals surface area contributed by atoms with Crippen LogP contribution in [0.4, 0.5) is 0 Å². The number of hydrogen-bond donors (Lipinski definition) is 2. The molecule has 0 bridgehead atoms. The van der Waals surface area contributed by atoms with Crippen molar-refractivity contribution in [1.29, 1.82) is 0 Å². The molecular formula is C17H27N3O2. The zero-order valence-corrected chi connectivity index (χ0v) is 13.3. The Bertz CT molecular complexity index is 512. The summed E-state index contributed by atoms with van der Waals surface area (Å²) in [7, 11) is 0. The second kappa shape index (κ2) is 7.27. The van der Waals surface area contributed by atoms with Crippen molar-refractivity contribution in [1.82, 2.24) is 14.9 Å². The summed E-state index contributed by atoms with van der Waals surface area (Å²) in [5.74, 6) is 1.37. The monoisotopic (exact) mass is 305 g/mol. The van der Waals surface area contributed by atoms with Crippen LogP contribution in [0.1, 0.15) is 67.7 Å². The summed E-state index contributed by atoms with van der Waals surface area (Å²) >= 11 is 0. The van der Waals surface area contributed by atoms with Crippen molar-refractivity contribution < 1.29 is 9.90 Å². The van der Waals surface area contributed by atoms with Gasteiger partial charge in [0.15, 0.2) is 0 Å². The molecule has 1 aliphatic carbocycles. The van der Waals surface area contributed by atoms with Crippen LogP contribution in [0, 0.1) is 5.92 Å². The molecule has 0 saturated heterocycles. The minimum absolute atomic E-state index is 0.0223. The fourth-order valence-corrected chi connectivity index (χ4v) is 3.76. The summed E-state index contributed by atoms with van der Waals surface area (Å²) in [6, 6.07) is 0. The van der Waals surface area contributed by atoms with Crippen molar-refractivity contribution in [2.24, 2.45) is 5.92 Å². The average molecular weight is 305 g/mol. The number of nitrogens with zero attached hydrogens (tertiary/aromatic N) is 2. The smallest absolute Gasteiger partial charge is 0.269 e. The standard InChI is InChI=1S/C17H27N3O2/c21-15-7-4-3-6-13(15)9-10-18-17(22)14-12-19-16-8-2-1-5-11-20(14)16/h12-13,15,21H,1-11H2,(H,18,22)/t13-,15-/m1/s1. The molecule has 1 fully saturated rings. The number of imidazole rings is 1. The molecule has 3 rings (SSSR count). The second-order valence-corrected chi connectivity index (χ2v) is 6.68. The minimum Gasteiger partial charge on any atom is -0.393 e. The van der Waals surface area contributed by atoms with E-state index in [4.69, 9.17) is 0 Å². The number of nitrogens with one attached hydrogen (secondary N) is 1. The topological polar surface area (TPSA) is 67.2 Å². The maximum atomic E-state index is 12.4. The Morgan fingerprint density at radius 1 is 1.27 bits per heavy atom. The third kappa shape index (κ3) is 3.51. The van der Waals surface area contributed by atoms with Crippen LogP contribution in [0.25, 0.3) is 0 Å². The van der Waals surface area contributed by atoms with Gasteiger partial charge < -0.3 is 15.0 Å². The number of aromatic nitrogens is 2. The van der Waals surface area contributed by atoms with Gasteiger partial charge in [0.1, 0.15) is 11.5 Å². The molecule has 2 atom stereocenters. The second-order valence-electron chi connectivity index (χ2n) is 6.68. The predicted octanol–water partition coefficient (Wildman–Crippen LogP) is 2.28. The number of hydrogen-bond acceptors (Lipinski definition) is 3. The van der Waals surface area contributed by atoms with Gasteiger partial charge >= 0.3 is 0 Å². The Hall–Kier alpha value is -1.36. The van der Waals surface area contributed by atoms with Gasteiger partial charge in [-0.25, -0.2) is 4.98 Å². The minimum atomic E-state index is -0.183. The van der Waals surface area contributed by atoms with Crippen LogP contribution in [0.3, 0.4) is 0 Å². The van der Waals surface area contributed by atoms with Crippen LogP contribution in [0.15, 0.2) is 6.20 Å². The number of amides is 1. The largest absolute Gasteiger partial charge is 0.393 e. The van der Waals surface area contributed by atoms with Crippen LogP contribution < -0.4 is 5.32 Å². The molecule has 1 saturated carbocycles. The van der Waals surface area contributed by atoms with E-state index < -0.39 is 0 Å². The van der Waals surface area contributed by atoms with E-state index in [-0.39, 0.29) is 12.0 Å². The highest BCUT2D eigenvalue weighted by Gasteiger charge is 2.23. The number of carbonyl (C=O) groups is 1. The van der Waals surface area contributed by atoms with Gasteiger partial charge in [-0.05, 0) is 38.0 Å². The Balaban J connectivity index is 1.53. The van der Waals surface area contributed by atoms with Crippen molar-refractivity contribution in [3.05, 3.63) is 17.7 Å². The molecule has 5 heteroatoms. The molecule has 22 heavy (non-hydrogen) atoms. The van der Waals surface area contributed by atoms with Crippen LogP contribution in [-0.2, 0) is 13.0 Å². The quantitative estimate of drug-likeness (QED) is 0.897. The third-order valence-electron chi connectivity index (χ3n) is 5.12. The van der Waals surface area contributed by atoms with Crippen LogP contribution in [0.2, 0.25) is 0 Å². The van der Waals surface area contributed by atoms with E-state index in [0.29, 0.717) is 18.2 Å². The summed E-state index contributed by atoms with van der Waals surface area (Å²) in [5.41, 5.74) is 0.695. The normalized spacial score (nSPS) is 25.3. The van der Waals surface area contributed by atoms with Gasteiger partial charge in [-0.2, -0.15) is 0 Å². The van der Waals surface area contributed by atoms with Gasteiger partial charge in [0.25, 0.3) is 5.91 Å². The maximum Gasteiger partial charge on any atom is 0.269 e. The fraction of sp³-hybridized carbons (Fsp3) is 0.765. The molecule has 5 nitrogen and oxygen atoms in total. The molecule has 122 valence electrons. The van der Waals surface area contributed by atoms with Gasteiger partial charge in [0.2, 0.25) is 0 Å². The van der Waals surface area contributed by atoms with E-state index in [1.54, 1.807) is 6.20 Å². The van der Waals surface area contributed by atoms with E-state index in [1.807, 2.05) is 0 Å². The molecule has 1 aliphatic heterocycles. The Kier molecular flexibility index (Phi) is 5.13. The summed E-state index contributed by atoms with van der Waals surface area (Å²) in [6.07, 6.45) is 11.2. The predicted molar refractivity (Wildman–Crippen MR) is 84.7 cm³/mol. The van der Waals surface area contributed by atoms with Crippen LogP contribution in [0.5, 0.6) is 0 Å². The van der Waals surface area contributed by atoms with E-state index >= 15 is 0 Å². The lowest BCUT2D eigenvalue weighted by Gasteiger charge is -2.27. The highest BCUT2D eigenvalue weighted by atomic mass is 16.3. The summed E-state index contributed by atoms with van der Waals surface area (Å²) in [4.78, 5) is 16.8. The Morgan fingerprint density at radius 2 is 2.14 bits per heavy atom. The zero-order chi connectivity index (χ0) is 15.4. The molecular weight excluding hydrogens is 278 g/mol. The molecule has 0 unspecified atom stereocenters. The lowest BCUT2D eigenvalue weighted by atomic mass is 9.84. The van der Waals surface area contributed by atoms with Gasteiger partial charge in [-0.1, -0.05) is 19.3 Å². The van der Waals surface area contributed by atoms with Crippen LogP contribution in [-0.4, -0.2) is 33.2 Å². The first-order chi connectivity index (χ1) is 10.8. The number of rotatable bonds is 4. The highest BCUT2D eigenvalue weighted by molar-refractivity contribution is 5.92. The van der Waals surface area contributed by atoms with E-state index in [1.165, 1.54) is 12.8 Å². The molecule has 0 spiro atoms. The zero-order valence-electron chi connectivity index (χ0n) is 13.3. The first-order valence-corrected chi connectivity index (χ1v) is 8.76. The molecule has 1 amide bonds. The molecule has 1 aromatic heterocycles. The number of aliphatic hydroxyl groups excluding tert-OH is 1. The number of carbonyl (C=O) groups excluding carboxylic acids is 1. The van der Waals surface area contributed by atoms with Gasteiger partial charge in [-0.15, -0.1) is 0 Å². The van der Waals surface area contributed by atoms with E-state index in [9.17, 15) is 9.90 Å². The average Bonchev–Trinajstić information content (AvgIpc) is 2.78.